The monoisotopic (exact) mass is 207 g/mol. The van der Waals surface area contributed by atoms with Crippen LogP contribution in [-0.4, -0.2) is 26.2 Å². The number of anilines is 2. The van der Waals surface area contributed by atoms with Crippen LogP contribution < -0.4 is 16.0 Å². The molecule has 84 valence electrons. The predicted molar refractivity (Wildman–Crippen MR) is 67.3 cm³/mol. The number of likely N-dealkylation sites (N-methyl/N-ethyl adjacent to an activating group) is 2. The van der Waals surface area contributed by atoms with Crippen LogP contribution in [-0.2, 0) is 0 Å². The number of hydrogen-bond acceptors (Lipinski definition) is 3. The summed E-state index contributed by atoms with van der Waals surface area (Å²) >= 11 is 0. The molecular formula is C12H21N3. The second kappa shape index (κ2) is 6.30. The molecule has 0 aliphatic heterocycles. The molecule has 0 bridgehead atoms. The minimum atomic E-state index is 0.821. The highest BCUT2D eigenvalue weighted by Crippen LogP contribution is 2.15. The van der Waals surface area contributed by atoms with E-state index in [0.29, 0.717) is 0 Å². The maximum absolute atomic E-state index is 5.66. The molecule has 0 radical (unpaired) electrons. The highest BCUT2D eigenvalue weighted by molar-refractivity contribution is 5.52. The van der Waals surface area contributed by atoms with Crippen LogP contribution in [0.15, 0.2) is 24.3 Å². The molecule has 0 heterocycles. The van der Waals surface area contributed by atoms with Gasteiger partial charge >= 0.3 is 0 Å². The van der Waals surface area contributed by atoms with Crippen LogP contribution >= 0.6 is 0 Å². The third kappa shape index (κ3) is 3.80. The number of nitrogens with one attached hydrogen (secondary N) is 1. The lowest BCUT2D eigenvalue weighted by Crippen LogP contribution is -2.31. The van der Waals surface area contributed by atoms with Gasteiger partial charge in [0.1, 0.15) is 0 Å². The van der Waals surface area contributed by atoms with Gasteiger partial charge in [-0.3, -0.25) is 0 Å². The molecular weight excluding hydrogens is 186 g/mol. The smallest absolute Gasteiger partial charge is 0.0368 e. The van der Waals surface area contributed by atoms with Crippen molar-refractivity contribution in [3.63, 3.8) is 0 Å². The zero-order valence-electron chi connectivity index (χ0n) is 9.66. The average Bonchev–Trinajstić information content (AvgIpc) is 2.26. The van der Waals surface area contributed by atoms with E-state index < -0.39 is 0 Å². The largest absolute Gasteiger partial charge is 0.399 e. The zero-order valence-corrected chi connectivity index (χ0v) is 9.66. The van der Waals surface area contributed by atoms with E-state index in [1.54, 1.807) is 0 Å². The van der Waals surface area contributed by atoms with Crippen molar-refractivity contribution in [2.75, 3.05) is 36.8 Å². The molecule has 3 nitrogen and oxygen atoms in total. The average molecular weight is 207 g/mol. The van der Waals surface area contributed by atoms with E-state index in [0.717, 1.165) is 31.9 Å². The van der Waals surface area contributed by atoms with Gasteiger partial charge in [-0.1, -0.05) is 6.92 Å². The van der Waals surface area contributed by atoms with Crippen molar-refractivity contribution in [1.82, 2.24) is 5.32 Å². The topological polar surface area (TPSA) is 41.3 Å². The first kappa shape index (κ1) is 11.9. The lowest BCUT2D eigenvalue weighted by molar-refractivity contribution is 0.688. The quantitative estimate of drug-likeness (QED) is 0.551. The Kier molecular flexibility index (Phi) is 4.98. The van der Waals surface area contributed by atoms with Gasteiger partial charge in [0.2, 0.25) is 0 Å². The summed E-state index contributed by atoms with van der Waals surface area (Å²) in [5.74, 6) is 0. The van der Waals surface area contributed by atoms with Gasteiger partial charge in [0, 0.05) is 31.0 Å². The van der Waals surface area contributed by atoms with Gasteiger partial charge in [-0.2, -0.15) is 0 Å². The zero-order chi connectivity index (χ0) is 11.1. The summed E-state index contributed by atoms with van der Waals surface area (Å²) in [4.78, 5) is 2.34. The number of benzene rings is 1. The number of hydrogen-bond donors (Lipinski definition) is 2. The van der Waals surface area contributed by atoms with Crippen molar-refractivity contribution in [3.05, 3.63) is 24.3 Å². The van der Waals surface area contributed by atoms with E-state index in [9.17, 15) is 0 Å². The summed E-state index contributed by atoms with van der Waals surface area (Å²) in [6.45, 7) is 8.40. The standard InChI is InChI=1S/C12H21N3/c1-3-14-9-10-15(4-2)12-7-5-11(13)6-8-12/h5-8,14H,3-4,9-10,13H2,1-2H3. The van der Waals surface area contributed by atoms with Crippen LogP contribution in [0.1, 0.15) is 13.8 Å². The molecule has 15 heavy (non-hydrogen) atoms. The van der Waals surface area contributed by atoms with Crippen molar-refractivity contribution < 1.29 is 0 Å². The molecule has 0 saturated carbocycles. The Bertz CT molecular complexity index is 269. The first-order valence-electron chi connectivity index (χ1n) is 5.59. The highest BCUT2D eigenvalue weighted by atomic mass is 15.1. The summed E-state index contributed by atoms with van der Waals surface area (Å²) < 4.78 is 0. The van der Waals surface area contributed by atoms with Gasteiger partial charge in [0.15, 0.2) is 0 Å². The third-order valence-corrected chi connectivity index (χ3v) is 2.45. The molecule has 1 aromatic carbocycles. The second-order valence-corrected chi connectivity index (χ2v) is 3.52. The third-order valence-electron chi connectivity index (χ3n) is 2.45. The minimum Gasteiger partial charge on any atom is -0.399 e. The molecule has 0 unspecified atom stereocenters. The summed E-state index contributed by atoms with van der Waals surface area (Å²) in [5.41, 5.74) is 7.72. The van der Waals surface area contributed by atoms with E-state index in [1.165, 1.54) is 5.69 Å². The van der Waals surface area contributed by atoms with Crippen LogP contribution in [0, 0.1) is 0 Å². The normalized spacial score (nSPS) is 10.3. The van der Waals surface area contributed by atoms with E-state index >= 15 is 0 Å². The Morgan fingerprint density at radius 3 is 2.40 bits per heavy atom. The molecule has 0 aliphatic rings. The van der Waals surface area contributed by atoms with Gasteiger partial charge < -0.3 is 16.0 Å². The fraction of sp³-hybridized carbons (Fsp3) is 0.500. The fourth-order valence-electron chi connectivity index (χ4n) is 1.55. The highest BCUT2D eigenvalue weighted by Gasteiger charge is 2.02. The van der Waals surface area contributed by atoms with Crippen LogP contribution in [0.4, 0.5) is 11.4 Å². The SMILES string of the molecule is CCNCCN(CC)c1ccc(N)cc1. The molecule has 0 fully saturated rings. The molecule has 0 amide bonds. The second-order valence-electron chi connectivity index (χ2n) is 3.52. The summed E-state index contributed by atoms with van der Waals surface area (Å²) in [6.07, 6.45) is 0. The van der Waals surface area contributed by atoms with Gasteiger partial charge in [-0.25, -0.2) is 0 Å². The first-order valence-corrected chi connectivity index (χ1v) is 5.59. The van der Waals surface area contributed by atoms with E-state index in [2.05, 4.69) is 36.2 Å². The van der Waals surface area contributed by atoms with Gasteiger partial charge in [-0.15, -0.1) is 0 Å². The number of nitrogens with two attached hydrogens (primary N) is 1. The molecule has 3 heteroatoms. The van der Waals surface area contributed by atoms with Gasteiger partial charge in [0.25, 0.3) is 0 Å². The van der Waals surface area contributed by atoms with Crippen LogP contribution in [0.25, 0.3) is 0 Å². The maximum Gasteiger partial charge on any atom is 0.0368 e. The molecule has 0 spiro atoms. The Morgan fingerprint density at radius 2 is 1.87 bits per heavy atom. The maximum atomic E-state index is 5.66. The van der Waals surface area contributed by atoms with Crippen molar-refractivity contribution in [1.29, 1.82) is 0 Å². The number of nitrogen functional groups attached to an aromatic ring is 1. The summed E-state index contributed by atoms with van der Waals surface area (Å²) in [5, 5.41) is 3.33. The molecule has 0 atom stereocenters. The van der Waals surface area contributed by atoms with E-state index in [4.69, 9.17) is 5.73 Å². The Morgan fingerprint density at radius 1 is 1.20 bits per heavy atom. The van der Waals surface area contributed by atoms with Crippen molar-refractivity contribution in [3.8, 4) is 0 Å². The van der Waals surface area contributed by atoms with Crippen molar-refractivity contribution in [2.24, 2.45) is 0 Å². The van der Waals surface area contributed by atoms with Crippen molar-refractivity contribution in [2.45, 2.75) is 13.8 Å². The molecule has 3 N–H and O–H groups in total. The first-order chi connectivity index (χ1) is 7.27. The summed E-state index contributed by atoms with van der Waals surface area (Å²) in [6, 6.07) is 8.05. The molecule has 0 saturated heterocycles. The van der Waals surface area contributed by atoms with Crippen molar-refractivity contribution >= 4 is 11.4 Å². The van der Waals surface area contributed by atoms with Crippen LogP contribution in [0.2, 0.25) is 0 Å². The van der Waals surface area contributed by atoms with E-state index in [1.807, 2.05) is 12.1 Å². The Balaban J connectivity index is 2.53. The lowest BCUT2D eigenvalue weighted by atomic mass is 10.2. The molecule has 1 rings (SSSR count). The Labute approximate surface area is 92.3 Å². The predicted octanol–water partition coefficient (Wildman–Crippen LogP) is 1.70. The van der Waals surface area contributed by atoms with Crippen LogP contribution in [0.3, 0.4) is 0 Å². The Hall–Kier alpha value is -1.22. The lowest BCUT2D eigenvalue weighted by Gasteiger charge is -2.23. The molecule has 0 aliphatic carbocycles. The van der Waals surface area contributed by atoms with Gasteiger partial charge in [-0.05, 0) is 37.7 Å². The number of rotatable bonds is 6. The van der Waals surface area contributed by atoms with E-state index in [-0.39, 0.29) is 0 Å². The number of nitrogens with zero attached hydrogens (tertiary/aromatic N) is 1. The minimum absolute atomic E-state index is 0.821. The molecule has 1 aromatic rings. The molecule has 0 aromatic heterocycles. The van der Waals surface area contributed by atoms with Gasteiger partial charge in [0.05, 0.1) is 0 Å². The van der Waals surface area contributed by atoms with Crippen LogP contribution in [0.5, 0.6) is 0 Å². The summed E-state index contributed by atoms with van der Waals surface area (Å²) in [7, 11) is 0. The fourth-order valence-corrected chi connectivity index (χ4v) is 1.55.